The Morgan fingerprint density at radius 3 is 1.54 bits per heavy atom. The van der Waals surface area contributed by atoms with Crippen LogP contribution in [-0.2, 0) is 6.42 Å². The molecule has 0 aliphatic carbocycles. The van der Waals surface area contributed by atoms with Crippen LogP contribution < -0.4 is 0 Å². The van der Waals surface area contributed by atoms with E-state index in [2.05, 4.69) is 112 Å². The van der Waals surface area contributed by atoms with Gasteiger partial charge in [0, 0.05) is 0 Å². The van der Waals surface area contributed by atoms with Crippen LogP contribution >= 0.6 is 0 Å². The summed E-state index contributed by atoms with van der Waals surface area (Å²) >= 11 is 0. The van der Waals surface area contributed by atoms with Gasteiger partial charge in [-0.2, -0.15) is 0 Å². The lowest BCUT2D eigenvalue weighted by molar-refractivity contribution is 1.14. The van der Waals surface area contributed by atoms with Crippen LogP contribution in [0.2, 0.25) is 0 Å². The first-order chi connectivity index (χ1) is 13.6. The molecule has 0 heteroatoms. The second-order valence-corrected chi connectivity index (χ2v) is 7.52. The minimum atomic E-state index is 1.08. The van der Waals surface area contributed by atoms with E-state index in [4.69, 9.17) is 0 Å². The molecule has 0 saturated heterocycles. The van der Waals surface area contributed by atoms with Crippen molar-refractivity contribution in [3.05, 3.63) is 108 Å². The largest absolute Gasteiger partial charge is 0.0613 e. The van der Waals surface area contributed by atoms with E-state index in [1.54, 1.807) is 0 Å². The van der Waals surface area contributed by atoms with Gasteiger partial charge in [0.1, 0.15) is 0 Å². The predicted octanol–water partition coefficient (Wildman–Crippen LogP) is 7.87. The third kappa shape index (κ3) is 3.77. The molecule has 0 aromatic heterocycles. The van der Waals surface area contributed by atoms with Crippen LogP contribution in [-0.4, -0.2) is 0 Å². The summed E-state index contributed by atoms with van der Waals surface area (Å²) in [7, 11) is 0. The van der Waals surface area contributed by atoms with Gasteiger partial charge in [0.15, 0.2) is 0 Å². The van der Waals surface area contributed by atoms with Crippen molar-refractivity contribution < 1.29 is 0 Å². The first-order valence-electron chi connectivity index (χ1n) is 10.0. The van der Waals surface area contributed by atoms with Gasteiger partial charge in [0.25, 0.3) is 0 Å². The molecule has 0 fully saturated rings. The Bertz CT molecular complexity index is 1070. The van der Waals surface area contributed by atoms with E-state index in [-0.39, 0.29) is 0 Å². The van der Waals surface area contributed by atoms with E-state index < -0.39 is 0 Å². The van der Waals surface area contributed by atoms with Crippen molar-refractivity contribution in [2.24, 2.45) is 0 Å². The second-order valence-electron chi connectivity index (χ2n) is 7.52. The Labute approximate surface area is 168 Å². The summed E-state index contributed by atoms with van der Waals surface area (Å²) in [6, 6.07) is 33.3. The summed E-state index contributed by atoms with van der Waals surface area (Å²) in [5.74, 6) is 0. The molecule has 138 valence electrons. The summed E-state index contributed by atoms with van der Waals surface area (Å²) < 4.78 is 0. The quantitative estimate of drug-likeness (QED) is 0.346. The smallest absolute Gasteiger partial charge is 0.0154 e. The van der Waals surface area contributed by atoms with E-state index in [1.165, 1.54) is 50.1 Å². The van der Waals surface area contributed by atoms with E-state index in [1.807, 2.05) is 0 Å². The average molecular weight is 363 g/mol. The molecule has 0 N–H and O–H groups in total. The van der Waals surface area contributed by atoms with Gasteiger partial charge in [-0.25, -0.2) is 0 Å². The molecule has 0 bridgehead atoms. The van der Waals surface area contributed by atoms with Gasteiger partial charge in [-0.05, 0) is 64.8 Å². The van der Waals surface area contributed by atoms with E-state index >= 15 is 0 Å². The van der Waals surface area contributed by atoms with E-state index in [0.717, 1.165) is 6.42 Å². The molecular formula is C28H26. The first kappa shape index (κ1) is 18.3. The zero-order valence-corrected chi connectivity index (χ0v) is 16.9. The lowest BCUT2D eigenvalue weighted by Crippen LogP contribution is -1.87. The zero-order valence-electron chi connectivity index (χ0n) is 16.9. The van der Waals surface area contributed by atoms with Crippen molar-refractivity contribution in [3.63, 3.8) is 0 Å². The molecule has 0 nitrogen and oxygen atoms in total. The normalized spacial score (nSPS) is 10.8. The van der Waals surface area contributed by atoms with Gasteiger partial charge >= 0.3 is 0 Å². The number of benzene rings is 4. The monoisotopic (exact) mass is 362 g/mol. The van der Waals surface area contributed by atoms with Gasteiger partial charge in [0.2, 0.25) is 0 Å². The number of rotatable bonds is 4. The summed E-state index contributed by atoms with van der Waals surface area (Å²) in [6.07, 6.45) is 1.08. The fourth-order valence-corrected chi connectivity index (χ4v) is 3.69. The molecule has 0 atom stereocenters. The predicted molar refractivity (Wildman–Crippen MR) is 122 cm³/mol. The van der Waals surface area contributed by atoms with Gasteiger partial charge in [-0.1, -0.05) is 103 Å². The molecule has 28 heavy (non-hydrogen) atoms. The summed E-state index contributed by atoms with van der Waals surface area (Å²) in [5.41, 5.74) is 11.6. The highest BCUT2D eigenvalue weighted by Crippen LogP contribution is 2.30. The summed E-state index contributed by atoms with van der Waals surface area (Å²) in [5, 5.41) is 0. The van der Waals surface area contributed by atoms with Crippen LogP contribution in [0.1, 0.15) is 23.6 Å². The lowest BCUT2D eigenvalue weighted by Gasteiger charge is -2.11. The van der Waals surface area contributed by atoms with Gasteiger partial charge in [-0.3, -0.25) is 0 Å². The Balaban J connectivity index is 1.61. The third-order valence-corrected chi connectivity index (χ3v) is 5.50. The zero-order chi connectivity index (χ0) is 19.5. The molecule has 0 saturated carbocycles. The number of aryl methyl sites for hydroxylation is 3. The average Bonchev–Trinajstić information content (AvgIpc) is 2.74. The molecule has 0 unspecified atom stereocenters. The standard InChI is InChI=1S/C28H26/c1-4-22-7-11-23(12-8-22)24-13-15-26(16-14-24)28-18-17-27(19-21(28)3)25-9-5-20(2)6-10-25/h5-19H,4H2,1-3H3. The Hall–Kier alpha value is -3.12. The maximum Gasteiger partial charge on any atom is -0.0154 e. The summed E-state index contributed by atoms with van der Waals surface area (Å²) in [6.45, 7) is 6.51. The molecule has 0 heterocycles. The van der Waals surface area contributed by atoms with Crippen LogP contribution in [0.5, 0.6) is 0 Å². The first-order valence-corrected chi connectivity index (χ1v) is 10.0. The molecule has 4 rings (SSSR count). The van der Waals surface area contributed by atoms with Crippen molar-refractivity contribution in [2.45, 2.75) is 27.2 Å². The Morgan fingerprint density at radius 2 is 0.964 bits per heavy atom. The molecule has 4 aromatic rings. The molecular weight excluding hydrogens is 336 g/mol. The highest BCUT2D eigenvalue weighted by atomic mass is 14.1. The van der Waals surface area contributed by atoms with Crippen LogP contribution in [0.4, 0.5) is 0 Å². The van der Waals surface area contributed by atoms with Crippen molar-refractivity contribution >= 4 is 0 Å². The topological polar surface area (TPSA) is 0 Å². The van der Waals surface area contributed by atoms with E-state index in [9.17, 15) is 0 Å². The fraction of sp³-hybridized carbons (Fsp3) is 0.143. The highest BCUT2D eigenvalue weighted by molar-refractivity contribution is 5.75. The molecule has 0 spiro atoms. The lowest BCUT2D eigenvalue weighted by atomic mass is 9.94. The van der Waals surface area contributed by atoms with Crippen molar-refractivity contribution in [1.29, 1.82) is 0 Å². The Morgan fingerprint density at radius 1 is 0.500 bits per heavy atom. The summed E-state index contributed by atoms with van der Waals surface area (Å²) in [4.78, 5) is 0. The SMILES string of the molecule is CCc1ccc(-c2ccc(-c3ccc(-c4ccc(C)cc4)cc3C)cc2)cc1. The van der Waals surface area contributed by atoms with Crippen molar-refractivity contribution in [1.82, 2.24) is 0 Å². The van der Waals surface area contributed by atoms with Crippen molar-refractivity contribution in [2.75, 3.05) is 0 Å². The number of hydrogen-bond acceptors (Lipinski definition) is 0. The fourth-order valence-electron chi connectivity index (χ4n) is 3.69. The van der Waals surface area contributed by atoms with Crippen LogP contribution in [0.15, 0.2) is 91.0 Å². The highest BCUT2D eigenvalue weighted by Gasteiger charge is 2.06. The molecule has 0 aliphatic rings. The van der Waals surface area contributed by atoms with Crippen LogP contribution in [0.3, 0.4) is 0 Å². The maximum absolute atomic E-state index is 2.29. The van der Waals surface area contributed by atoms with Crippen LogP contribution in [0, 0.1) is 13.8 Å². The van der Waals surface area contributed by atoms with Gasteiger partial charge < -0.3 is 0 Å². The van der Waals surface area contributed by atoms with E-state index in [0.29, 0.717) is 0 Å². The van der Waals surface area contributed by atoms with Crippen molar-refractivity contribution in [3.8, 4) is 33.4 Å². The number of hydrogen-bond donors (Lipinski definition) is 0. The molecule has 0 amide bonds. The molecule has 4 aromatic carbocycles. The van der Waals surface area contributed by atoms with Crippen LogP contribution in [0.25, 0.3) is 33.4 Å². The maximum atomic E-state index is 2.29. The Kier molecular flexibility index (Phi) is 5.12. The van der Waals surface area contributed by atoms with Gasteiger partial charge in [0.05, 0.1) is 0 Å². The second kappa shape index (κ2) is 7.86. The molecule has 0 aliphatic heterocycles. The third-order valence-electron chi connectivity index (χ3n) is 5.50. The minimum absolute atomic E-state index is 1.08. The minimum Gasteiger partial charge on any atom is -0.0613 e. The van der Waals surface area contributed by atoms with Gasteiger partial charge in [-0.15, -0.1) is 0 Å². The molecule has 0 radical (unpaired) electrons.